The summed E-state index contributed by atoms with van der Waals surface area (Å²) in [7, 11) is 2.08. The number of fused-ring (bicyclic) bond motifs is 1. The minimum absolute atomic E-state index is 0.285. The van der Waals surface area contributed by atoms with E-state index in [4.69, 9.17) is 4.74 Å². The highest BCUT2D eigenvalue weighted by Gasteiger charge is 2.35. The number of likely N-dealkylation sites (N-methyl/N-ethyl adjacent to an activating group) is 1. The summed E-state index contributed by atoms with van der Waals surface area (Å²) in [6.45, 7) is 0. The average Bonchev–Trinajstić information content (AvgIpc) is 2.40. The number of nitrogens with zero attached hydrogens (tertiary/aromatic N) is 2. The first-order valence-corrected chi connectivity index (χ1v) is 6.63. The number of hydrogen-bond acceptors (Lipinski definition) is 3. The lowest BCUT2D eigenvalue weighted by Gasteiger charge is -2.42. The van der Waals surface area contributed by atoms with E-state index < -0.39 is 0 Å². The Morgan fingerprint density at radius 1 is 1.22 bits per heavy atom. The summed E-state index contributed by atoms with van der Waals surface area (Å²) >= 11 is 0. The van der Waals surface area contributed by atoms with E-state index in [1.54, 1.807) is 0 Å². The lowest BCUT2D eigenvalue weighted by Crippen LogP contribution is -2.59. The van der Waals surface area contributed by atoms with E-state index in [-0.39, 0.29) is 6.10 Å². The van der Waals surface area contributed by atoms with Gasteiger partial charge in [0.05, 0.1) is 11.7 Å². The Bertz CT molecular complexity index is 432. The van der Waals surface area contributed by atoms with Crippen molar-refractivity contribution < 1.29 is 4.74 Å². The molecule has 4 nitrogen and oxygen atoms in total. The first-order chi connectivity index (χ1) is 8.83. The second-order valence-corrected chi connectivity index (χ2v) is 4.98. The standard InChI is InChI=1S/C14H19N3O/c1-17-12-9-5-6-10-13(12)18-14(16-17)15-11-7-3-2-4-8-11/h2-4,7-8,12-13H,5-6,9-10H2,1H3,(H,15,16)/t12-,13+/m0/s1. The quantitative estimate of drug-likeness (QED) is 0.825. The number of ether oxygens (including phenoxy) is 1. The largest absolute Gasteiger partial charge is 0.459 e. The summed E-state index contributed by atoms with van der Waals surface area (Å²) in [6.07, 6.45) is 5.17. The van der Waals surface area contributed by atoms with Gasteiger partial charge in [0.2, 0.25) is 0 Å². The topological polar surface area (TPSA) is 36.9 Å². The minimum atomic E-state index is 0.285. The zero-order valence-corrected chi connectivity index (χ0v) is 10.7. The van der Waals surface area contributed by atoms with E-state index in [2.05, 4.69) is 22.5 Å². The number of amidine groups is 1. The van der Waals surface area contributed by atoms with Gasteiger partial charge in [0.25, 0.3) is 0 Å². The molecule has 18 heavy (non-hydrogen) atoms. The molecular weight excluding hydrogens is 226 g/mol. The Morgan fingerprint density at radius 3 is 2.83 bits per heavy atom. The maximum Gasteiger partial charge on any atom is 0.305 e. The smallest absolute Gasteiger partial charge is 0.305 e. The fraction of sp³-hybridized carbons (Fsp3) is 0.500. The van der Waals surface area contributed by atoms with Gasteiger partial charge in [-0.25, -0.2) is 5.01 Å². The van der Waals surface area contributed by atoms with Gasteiger partial charge in [-0.05, 0) is 31.4 Å². The number of aliphatic imine (C=N–C) groups is 1. The molecule has 96 valence electrons. The lowest BCUT2D eigenvalue weighted by atomic mass is 9.92. The van der Waals surface area contributed by atoms with Gasteiger partial charge in [0.15, 0.2) is 0 Å². The van der Waals surface area contributed by atoms with Gasteiger partial charge in [-0.3, -0.25) is 5.43 Å². The van der Waals surface area contributed by atoms with Crippen molar-refractivity contribution in [1.29, 1.82) is 0 Å². The SMILES string of the molecule is CN1NC(=Nc2ccccc2)O[C@@H]2CCCC[C@@H]21. The third-order valence-electron chi connectivity index (χ3n) is 3.69. The molecule has 3 rings (SSSR count). The van der Waals surface area contributed by atoms with Crippen molar-refractivity contribution in [3.05, 3.63) is 30.3 Å². The number of rotatable bonds is 1. The van der Waals surface area contributed by atoms with Crippen LogP contribution in [0.5, 0.6) is 0 Å². The molecule has 1 N–H and O–H groups in total. The van der Waals surface area contributed by atoms with Crippen LogP contribution in [0.2, 0.25) is 0 Å². The van der Waals surface area contributed by atoms with Gasteiger partial charge >= 0.3 is 6.02 Å². The zero-order chi connectivity index (χ0) is 12.4. The van der Waals surface area contributed by atoms with Crippen LogP contribution in [-0.4, -0.2) is 30.2 Å². The van der Waals surface area contributed by atoms with Gasteiger partial charge in [-0.2, -0.15) is 4.99 Å². The zero-order valence-electron chi connectivity index (χ0n) is 10.7. The van der Waals surface area contributed by atoms with Crippen LogP contribution in [0.15, 0.2) is 35.3 Å². The molecule has 0 radical (unpaired) electrons. The Hall–Kier alpha value is -1.55. The number of hydrogen-bond donors (Lipinski definition) is 1. The summed E-state index contributed by atoms with van der Waals surface area (Å²) < 4.78 is 5.96. The second kappa shape index (κ2) is 4.98. The molecule has 1 saturated carbocycles. The fourth-order valence-electron chi connectivity index (χ4n) is 2.73. The predicted molar refractivity (Wildman–Crippen MR) is 71.6 cm³/mol. The van der Waals surface area contributed by atoms with Crippen LogP contribution in [0.3, 0.4) is 0 Å². The molecule has 2 fully saturated rings. The highest BCUT2D eigenvalue weighted by Crippen LogP contribution is 2.27. The molecule has 1 aliphatic heterocycles. The molecule has 1 aromatic carbocycles. The fourth-order valence-corrected chi connectivity index (χ4v) is 2.73. The van der Waals surface area contributed by atoms with Gasteiger partial charge in [0.1, 0.15) is 6.10 Å². The molecule has 0 bridgehead atoms. The maximum atomic E-state index is 5.96. The van der Waals surface area contributed by atoms with Gasteiger partial charge in [-0.1, -0.05) is 24.6 Å². The Kier molecular flexibility index (Phi) is 3.19. The van der Waals surface area contributed by atoms with Crippen LogP contribution >= 0.6 is 0 Å². The molecule has 0 unspecified atom stereocenters. The molecular formula is C14H19N3O. The summed E-state index contributed by atoms with van der Waals surface area (Å²) in [5.74, 6) is 0. The Balaban J connectivity index is 1.77. The van der Waals surface area contributed by atoms with Crippen molar-refractivity contribution in [2.24, 2.45) is 4.99 Å². The number of para-hydroxylation sites is 1. The molecule has 0 aromatic heterocycles. The summed E-state index contributed by atoms with van der Waals surface area (Å²) in [6, 6.07) is 11.0. The highest BCUT2D eigenvalue weighted by molar-refractivity contribution is 5.77. The second-order valence-electron chi connectivity index (χ2n) is 4.98. The van der Waals surface area contributed by atoms with Crippen LogP contribution in [-0.2, 0) is 4.74 Å². The van der Waals surface area contributed by atoms with Crippen molar-refractivity contribution in [2.75, 3.05) is 7.05 Å². The highest BCUT2D eigenvalue weighted by atomic mass is 16.5. The van der Waals surface area contributed by atoms with Crippen molar-refractivity contribution in [3.63, 3.8) is 0 Å². The van der Waals surface area contributed by atoms with E-state index in [1.165, 1.54) is 19.3 Å². The van der Waals surface area contributed by atoms with Crippen molar-refractivity contribution >= 4 is 11.7 Å². The van der Waals surface area contributed by atoms with E-state index in [0.29, 0.717) is 12.1 Å². The summed E-state index contributed by atoms with van der Waals surface area (Å²) in [5, 5.41) is 2.15. The van der Waals surface area contributed by atoms with Crippen molar-refractivity contribution in [3.8, 4) is 0 Å². The number of nitrogens with one attached hydrogen (secondary N) is 1. The molecule has 2 aliphatic rings. The van der Waals surface area contributed by atoms with Crippen LogP contribution in [0, 0.1) is 0 Å². The number of benzene rings is 1. The minimum Gasteiger partial charge on any atom is -0.459 e. The maximum absolute atomic E-state index is 5.96. The van der Waals surface area contributed by atoms with Crippen LogP contribution in [0.4, 0.5) is 5.69 Å². The van der Waals surface area contributed by atoms with Gasteiger partial charge in [-0.15, -0.1) is 0 Å². The first kappa shape index (κ1) is 11.5. The third kappa shape index (κ3) is 2.34. The third-order valence-corrected chi connectivity index (χ3v) is 3.69. The van der Waals surface area contributed by atoms with Gasteiger partial charge < -0.3 is 4.74 Å². The predicted octanol–water partition coefficient (Wildman–Crippen LogP) is 2.45. The van der Waals surface area contributed by atoms with Crippen LogP contribution in [0.25, 0.3) is 0 Å². The van der Waals surface area contributed by atoms with Crippen LogP contribution in [0.1, 0.15) is 25.7 Å². The van der Waals surface area contributed by atoms with E-state index >= 15 is 0 Å². The molecule has 0 spiro atoms. The molecule has 4 heteroatoms. The Morgan fingerprint density at radius 2 is 2.00 bits per heavy atom. The van der Waals surface area contributed by atoms with Crippen molar-refractivity contribution in [2.45, 2.75) is 37.8 Å². The molecule has 1 saturated heterocycles. The normalized spacial score (nSPS) is 30.4. The molecule has 0 amide bonds. The molecule has 1 aromatic rings. The van der Waals surface area contributed by atoms with E-state index in [0.717, 1.165) is 12.1 Å². The first-order valence-electron chi connectivity index (χ1n) is 6.63. The molecule has 1 heterocycles. The number of hydrazine groups is 1. The molecule has 1 aliphatic carbocycles. The average molecular weight is 245 g/mol. The summed E-state index contributed by atoms with van der Waals surface area (Å²) in [4.78, 5) is 4.50. The lowest BCUT2D eigenvalue weighted by molar-refractivity contribution is -0.0179. The summed E-state index contributed by atoms with van der Waals surface area (Å²) in [5.41, 5.74) is 4.14. The Labute approximate surface area is 108 Å². The van der Waals surface area contributed by atoms with Gasteiger partial charge in [0, 0.05) is 7.05 Å². The van der Waals surface area contributed by atoms with Crippen molar-refractivity contribution in [1.82, 2.24) is 10.4 Å². The van der Waals surface area contributed by atoms with E-state index in [1.807, 2.05) is 30.3 Å². The van der Waals surface area contributed by atoms with Crippen LogP contribution < -0.4 is 5.43 Å². The molecule has 2 atom stereocenters. The van der Waals surface area contributed by atoms with E-state index in [9.17, 15) is 0 Å². The monoisotopic (exact) mass is 245 g/mol.